The van der Waals surface area contributed by atoms with Gasteiger partial charge in [-0.05, 0) is 31.2 Å². The van der Waals surface area contributed by atoms with E-state index in [1.54, 1.807) is 26.4 Å². The summed E-state index contributed by atoms with van der Waals surface area (Å²) in [5.74, 6) is 1.34. The molecular formula is C26H24N2O4S. The predicted molar refractivity (Wildman–Crippen MR) is 131 cm³/mol. The molecule has 0 fully saturated rings. The third-order valence-electron chi connectivity index (χ3n) is 5.03. The second-order valence-electron chi connectivity index (χ2n) is 7.22. The van der Waals surface area contributed by atoms with E-state index in [-0.39, 0.29) is 12.5 Å². The summed E-state index contributed by atoms with van der Waals surface area (Å²) in [7, 11) is 3.14. The van der Waals surface area contributed by atoms with E-state index in [4.69, 9.17) is 19.2 Å². The van der Waals surface area contributed by atoms with E-state index >= 15 is 0 Å². The number of anilines is 2. The number of para-hydroxylation sites is 4. The maximum Gasteiger partial charge on any atom is 0.271 e. The van der Waals surface area contributed by atoms with Crippen molar-refractivity contribution in [2.75, 3.05) is 25.7 Å². The first-order valence-corrected chi connectivity index (χ1v) is 11.2. The molecule has 1 aromatic heterocycles. The van der Waals surface area contributed by atoms with Gasteiger partial charge in [-0.2, -0.15) is 0 Å². The lowest BCUT2D eigenvalue weighted by Crippen LogP contribution is -2.31. The van der Waals surface area contributed by atoms with Crippen LogP contribution in [0.15, 0.2) is 78.2 Å². The minimum absolute atomic E-state index is 0.197. The van der Waals surface area contributed by atoms with E-state index in [1.165, 1.54) is 21.8 Å². The van der Waals surface area contributed by atoms with E-state index < -0.39 is 0 Å². The smallest absolute Gasteiger partial charge is 0.271 e. The minimum atomic E-state index is -0.282. The first-order valence-electron chi connectivity index (χ1n) is 10.3. The average molecular weight is 461 g/mol. The van der Waals surface area contributed by atoms with Crippen LogP contribution < -0.4 is 19.1 Å². The number of thiazole rings is 1. The molecule has 0 saturated heterocycles. The Kier molecular flexibility index (Phi) is 6.90. The summed E-state index contributed by atoms with van der Waals surface area (Å²) >= 11 is 1.39. The summed E-state index contributed by atoms with van der Waals surface area (Å²) in [6.45, 7) is 1.85. The van der Waals surface area contributed by atoms with Gasteiger partial charge in [0.15, 0.2) is 23.2 Å². The Hall–Kier alpha value is -3.84. The Bertz CT molecular complexity index is 1240. The maximum atomic E-state index is 13.4. The first-order chi connectivity index (χ1) is 16.1. The number of aromatic nitrogens is 1. The van der Waals surface area contributed by atoms with Crippen molar-refractivity contribution in [2.24, 2.45) is 0 Å². The highest BCUT2D eigenvalue weighted by Crippen LogP contribution is 2.37. The van der Waals surface area contributed by atoms with E-state index in [0.29, 0.717) is 28.1 Å². The van der Waals surface area contributed by atoms with Crippen LogP contribution in [0, 0.1) is 6.92 Å². The fourth-order valence-electron chi connectivity index (χ4n) is 3.32. The van der Waals surface area contributed by atoms with Crippen LogP contribution in [-0.2, 0) is 4.79 Å². The SMILES string of the molecule is COc1ccccc1OCC(=O)N(c1nc(-c2ccc(C)cc2)cs1)c1ccccc1OC. The number of nitrogens with zero attached hydrogens (tertiary/aromatic N) is 2. The van der Waals surface area contributed by atoms with Gasteiger partial charge in [-0.25, -0.2) is 9.88 Å². The molecule has 0 saturated carbocycles. The Balaban J connectivity index is 1.67. The lowest BCUT2D eigenvalue weighted by Gasteiger charge is -2.22. The van der Waals surface area contributed by atoms with Crippen LogP contribution in [0.3, 0.4) is 0 Å². The predicted octanol–water partition coefficient (Wildman–Crippen LogP) is 5.88. The molecule has 4 aromatic rings. The highest BCUT2D eigenvalue weighted by atomic mass is 32.1. The number of hydrogen-bond acceptors (Lipinski definition) is 6. The molecular weight excluding hydrogens is 436 g/mol. The van der Waals surface area contributed by atoms with Crippen molar-refractivity contribution in [2.45, 2.75) is 6.92 Å². The largest absolute Gasteiger partial charge is 0.495 e. The average Bonchev–Trinajstić information content (AvgIpc) is 3.33. The molecule has 0 aliphatic carbocycles. The third kappa shape index (κ3) is 4.99. The standard InChI is InChI=1S/C26H24N2O4S/c1-18-12-14-19(15-13-18)20-17-33-26(27-20)28(21-8-4-5-9-22(21)30-2)25(29)16-32-24-11-7-6-10-23(24)31-3/h4-15,17H,16H2,1-3H3. The Morgan fingerprint density at radius 2 is 1.52 bits per heavy atom. The van der Waals surface area contributed by atoms with Crippen molar-refractivity contribution in [1.82, 2.24) is 4.98 Å². The van der Waals surface area contributed by atoms with E-state index in [1.807, 2.05) is 73.0 Å². The molecule has 0 atom stereocenters. The molecule has 6 nitrogen and oxygen atoms in total. The summed E-state index contributed by atoms with van der Waals surface area (Å²) in [6, 6.07) is 22.7. The van der Waals surface area contributed by atoms with Gasteiger partial charge in [0, 0.05) is 10.9 Å². The van der Waals surface area contributed by atoms with E-state index in [9.17, 15) is 4.79 Å². The fourth-order valence-corrected chi connectivity index (χ4v) is 4.19. The summed E-state index contributed by atoms with van der Waals surface area (Å²) in [5.41, 5.74) is 3.56. The Morgan fingerprint density at radius 3 is 2.21 bits per heavy atom. The van der Waals surface area contributed by atoms with Gasteiger partial charge in [-0.3, -0.25) is 4.79 Å². The molecule has 0 aliphatic rings. The number of aryl methyl sites for hydroxylation is 1. The number of amides is 1. The molecule has 1 heterocycles. The van der Waals surface area contributed by atoms with Gasteiger partial charge in [-0.15, -0.1) is 11.3 Å². The zero-order valence-corrected chi connectivity index (χ0v) is 19.5. The second-order valence-corrected chi connectivity index (χ2v) is 8.06. The molecule has 0 N–H and O–H groups in total. The van der Waals surface area contributed by atoms with Crippen molar-refractivity contribution >= 4 is 28.1 Å². The van der Waals surface area contributed by atoms with Crippen LogP contribution in [0.5, 0.6) is 17.2 Å². The van der Waals surface area contributed by atoms with Gasteiger partial charge in [0.05, 0.1) is 25.6 Å². The highest BCUT2D eigenvalue weighted by molar-refractivity contribution is 7.14. The Labute approximate surface area is 197 Å². The summed E-state index contributed by atoms with van der Waals surface area (Å²) < 4.78 is 16.7. The number of carbonyl (C=O) groups is 1. The molecule has 33 heavy (non-hydrogen) atoms. The summed E-state index contributed by atoms with van der Waals surface area (Å²) in [6.07, 6.45) is 0. The van der Waals surface area contributed by atoms with Gasteiger partial charge in [0.25, 0.3) is 5.91 Å². The van der Waals surface area contributed by atoms with Crippen LogP contribution in [0.25, 0.3) is 11.3 Å². The molecule has 0 aliphatic heterocycles. The minimum Gasteiger partial charge on any atom is -0.495 e. The van der Waals surface area contributed by atoms with Gasteiger partial charge in [-0.1, -0.05) is 54.1 Å². The number of benzene rings is 3. The fraction of sp³-hybridized carbons (Fsp3) is 0.154. The Morgan fingerprint density at radius 1 is 0.879 bits per heavy atom. The molecule has 0 radical (unpaired) electrons. The number of rotatable bonds is 8. The molecule has 7 heteroatoms. The number of methoxy groups -OCH3 is 2. The van der Waals surface area contributed by atoms with Crippen molar-refractivity contribution in [1.29, 1.82) is 0 Å². The normalized spacial score (nSPS) is 10.5. The van der Waals surface area contributed by atoms with Crippen LogP contribution in [0.4, 0.5) is 10.8 Å². The maximum absolute atomic E-state index is 13.4. The van der Waals surface area contributed by atoms with Crippen LogP contribution in [0.1, 0.15) is 5.56 Å². The second kappa shape index (κ2) is 10.2. The van der Waals surface area contributed by atoms with Crippen molar-refractivity contribution in [3.63, 3.8) is 0 Å². The summed E-state index contributed by atoms with van der Waals surface area (Å²) in [4.78, 5) is 19.7. The molecule has 0 spiro atoms. The molecule has 0 bridgehead atoms. The molecule has 1 amide bonds. The van der Waals surface area contributed by atoms with Crippen molar-refractivity contribution in [3.05, 3.63) is 83.7 Å². The topological polar surface area (TPSA) is 60.9 Å². The molecule has 4 rings (SSSR count). The summed E-state index contributed by atoms with van der Waals surface area (Å²) in [5, 5.41) is 2.47. The van der Waals surface area contributed by atoms with Gasteiger partial charge in [0.2, 0.25) is 0 Å². The lowest BCUT2D eigenvalue weighted by atomic mass is 10.1. The third-order valence-corrected chi connectivity index (χ3v) is 5.85. The van der Waals surface area contributed by atoms with Crippen LogP contribution in [0.2, 0.25) is 0 Å². The number of hydrogen-bond donors (Lipinski definition) is 0. The number of carbonyl (C=O) groups excluding carboxylic acids is 1. The van der Waals surface area contributed by atoms with Gasteiger partial charge in [0.1, 0.15) is 5.75 Å². The van der Waals surface area contributed by atoms with Gasteiger partial charge < -0.3 is 14.2 Å². The molecule has 3 aromatic carbocycles. The van der Waals surface area contributed by atoms with Crippen LogP contribution in [-0.4, -0.2) is 31.7 Å². The zero-order valence-electron chi connectivity index (χ0n) is 18.6. The van der Waals surface area contributed by atoms with E-state index in [0.717, 1.165) is 11.3 Å². The molecule has 168 valence electrons. The van der Waals surface area contributed by atoms with Gasteiger partial charge >= 0.3 is 0 Å². The number of ether oxygens (including phenoxy) is 3. The zero-order chi connectivity index (χ0) is 23.2. The monoisotopic (exact) mass is 460 g/mol. The van der Waals surface area contributed by atoms with Crippen LogP contribution >= 0.6 is 11.3 Å². The lowest BCUT2D eigenvalue weighted by molar-refractivity contribution is -0.119. The van der Waals surface area contributed by atoms with E-state index in [2.05, 4.69) is 0 Å². The van der Waals surface area contributed by atoms with Crippen molar-refractivity contribution < 1.29 is 19.0 Å². The highest BCUT2D eigenvalue weighted by Gasteiger charge is 2.25. The molecule has 0 unspecified atom stereocenters. The quantitative estimate of drug-likeness (QED) is 0.329. The first kappa shape index (κ1) is 22.4. The van der Waals surface area contributed by atoms with Crippen molar-refractivity contribution in [3.8, 4) is 28.5 Å².